The lowest BCUT2D eigenvalue weighted by Gasteiger charge is -2.21. The minimum absolute atomic E-state index is 0.0798. The fourth-order valence-electron chi connectivity index (χ4n) is 1.98. The first-order valence-electron chi connectivity index (χ1n) is 6.81. The molecule has 3 nitrogen and oxygen atoms in total. The van der Waals surface area contributed by atoms with Gasteiger partial charge in [0.25, 0.3) is 0 Å². The molecule has 0 aliphatic carbocycles. The van der Waals surface area contributed by atoms with Gasteiger partial charge in [-0.3, -0.25) is 0 Å². The number of benzene rings is 1. The van der Waals surface area contributed by atoms with Crippen LogP contribution in [0.5, 0.6) is 11.5 Å². The Morgan fingerprint density at radius 3 is 2.55 bits per heavy atom. The van der Waals surface area contributed by atoms with Gasteiger partial charge in [0.05, 0.1) is 6.61 Å². The number of ether oxygens (including phenoxy) is 2. The molecule has 4 heteroatoms. The van der Waals surface area contributed by atoms with Crippen LogP contribution in [0, 0.1) is 6.92 Å². The summed E-state index contributed by atoms with van der Waals surface area (Å²) >= 11 is 1.72. The number of aryl methyl sites for hydroxylation is 1. The molecule has 0 spiro atoms. The zero-order valence-corrected chi connectivity index (χ0v) is 12.9. The Kier molecular flexibility index (Phi) is 5.04. The second-order valence-corrected chi connectivity index (χ2v) is 6.07. The maximum absolute atomic E-state index is 6.07. The van der Waals surface area contributed by atoms with E-state index >= 15 is 0 Å². The molecule has 1 aromatic carbocycles. The minimum Gasteiger partial charge on any atom is -0.494 e. The van der Waals surface area contributed by atoms with Crippen LogP contribution in [0.25, 0.3) is 0 Å². The summed E-state index contributed by atoms with van der Waals surface area (Å²) in [7, 11) is 0. The van der Waals surface area contributed by atoms with Gasteiger partial charge in [0.2, 0.25) is 0 Å². The Morgan fingerprint density at radius 1 is 1.20 bits per heavy atom. The van der Waals surface area contributed by atoms with E-state index in [1.54, 1.807) is 11.3 Å². The minimum atomic E-state index is -0.134. The summed E-state index contributed by atoms with van der Waals surface area (Å²) in [5, 5.41) is 0. The first-order chi connectivity index (χ1) is 9.60. The molecule has 0 radical (unpaired) electrons. The van der Waals surface area contributed by atoms with Crippen LogP contribution in [0.3, 0.4) is 0 Å². The van der Waals surface area contributed by atoms with Gasteiger partial charge in [0, 0.05) is 21.9 Å². The number of hydrogen-bond donors (Lipinski definition) is 1. The Bertz CT molecular complexity index is 551. The van der Waals surface area contributed by atoms with Crippen molar-refractivity contribution in [3.8, 4) is 11.5 Å². The monoisotopic (exact) mass is 291 g/mol. The first kappa shape index (κ1) is 14.9. The summed E-state index contributed by atoms with van der Waals surface area (Å²) in [4.78, 5) is 2.41. The SMILES string of the molecule is CCOc1cccc(OC(c2ccc(C)s2)C(C)N)c1. The molecular formula is C16H21NO2S. The topological polar surface area (TPSA) is 44.5 Å². The summed E-state index contributed by atoms with van der Waals surface area (Å²) in [5.74, 6) is 1.60. The zero-order valence-electron chi connectivity index (χ0n) is 12.1. The molecule has 108 valence electrons. The predicted molar refractivity (Wildman–Crippen MR) is 83.7 cm³/mol. The second-order valence-electron chi connectivity index (χ2n) is 4.75. The molecule has 2 unspecified atom stereocenters. The third-order valence-corrected chi connectivity index (χ3v) is 3.96. The third-order valence-electron chi connectivity index (χ3n) is 2.90. The summed E-state index contributed by atoms with van der Waals surface area (Å²) in [6.45, 7) is 6.66. The molecule has 1 heterocycles. The zero-order chi connectivity index (χ0) is 14.5. The van der Waals surface area contributed by atoms with E-state index in [4.69, 9.17) is 15.2 Å². The van der Waals surface area contributed by atoms with E-state index in [2.05, 4.69) is 19.1 Å². The number of hydrogen-bond acceptors (Lipinski definition) is 4. The largest absolute Gasteiger partial charge is 0.494 e. The second kappa shape index (κ2) is 6.77. The highest BCUT2D eigenvalue weighted by Crippen LogP contribution is 2.30. The van der Waals surface area contributed by atoms with Crippen LogP contribution >= 0.6 is 11.3 Å². The van der Waals surface area contributed by atoms with Gasteiger partial charge in [0.1, 0.15) is 17.6 Å². The molecular weight excluding hydrogens is 270 g/mol. The number of thiophene rings is 1. The van der Waals surface area contributed by atoms with E-state index in [1.165, 1.54) is 4.88 Å². The summed E-state index contributed by atoms with van der Waals surface area (Å²) in [6.07, 6.45) is -0.134. The summed E-state index contributed by atoms with van der Waals surface area (Å²) in [5.41, 5.74) is 6.07. The predicted octanol–water partition coefficient (Wildman–Crippen LogP) is 3.92. The van der Waals surface area contributed by atoms with Crippen LogP contribution in [0.15, 0.2) is 36.4 Å². The summed E-state index contributed by atoms with van der Waals surface area (Å²) < 4.78 is 11.6. The molecule has 0 saturated heterocycles. The van der Waals surface area contributed by atoms with Crippen molar-refractivity contribution in [1.29, 1.82) is 0 Å². The van der Waals surface area contributed by atoms with Gasteiger partial charge in [-0.15, -0.1) is 11.3 Å². The van der Waals surface area contributed by atoms with E-state index in [9.17, 15) is 0 Å². The maximum Gasteiger partial charge on any atom is 0.148 e. The Balaban J connectivity index is 2.18. The van der Waals surface area contributed by atoms with Crippen LogP contribution in [-0.4, -0.2) is 12.6 Å². The smallest absolute Gasteiger partial charge is 0.148 e. The van der Waals surface area contributed by atoms with E-state index in [0.29, 0.717) is 6.61 Å². The lowest BCUT2D eigenvalue weighted by atomic mass is 10.1. The van der Waals surface area contributed by atoms with Crippen LogP contribution in [0.1, 0.15) is 29.7 Å². The van der Waals surface area contributed by atoms with Crippen molar-refractivity contribution in [3.63, 3.8) is 0 Å². The number of rotatable bonds is 6. The molecule has 20 heavy (non-hydrogen) atoms. The van der Waals surface area contributed by atoms with Gasteiger partial charge in [-0.1, -0.05) is 6.07 Å². The fourth-order valence-corrected chi connectivity index (χ4v) is 3.00. The van der Waals surface area contributed by atoms with Crippen LogP contribution < -0.4 is 15.2 Å². The molecule has 2 rings (SSSR count). The lowest BCUT2D eigenvalue weighted by molar-refractivity contribution is 0.183. The molecule has 0 aliphatic heterocycles. The molecule has 2 aromatic rings. The highest BCUT2D eigenvalue weighted by molar-refractivity contribution is 7.12. The molecule has 0 amide bonds. The molecule has 2 N–H and O–H groups in total. The average Bonchev–Trinajstić information content (AvgIpc) is 2.83. The van der Waals surface area contributed by atoms with Crippen molar-refractivity contribution in [2.45, 2.75) is 32.9 Å². The van der Waals surface area contributed by atoms with E-state index in [-0.39, 0.29) is 12.1 Å². The van der Waals surface area contributed by atoms with E-state index < -0.39 is 0 Å². The summed E-state index contributed by atoms with van der Waals surface area (Å²) in [6, 6.07) is 11.8. The van der Waals surface area contributed by atoms with E-state index in [1.807, 2.05) is 38.1 Å². The standard InChI is InChI=1S/C16H21NO2S/c1-4-18-13-6-5-7-14(10-13)19-16(12(3)17)15-9-8-11(2)20-15/h5-10,12,16H,4,17H2,1-3H3. The van der Waals surface area contributed by atoms with Gasteiger partial charge < -0.3 is 15.2 Å². The highest BCUT2D eigenvalue weighted by atomic mass is 32.1. The number of nitrogens with two attached hydrogens (primary N) is 1. The first-order valence-corrected chi connectivity index (χ1v) is 7.63. The Labute approximate surface area is 124 Å². The Morgan fingerprint density at radius 2 is 1.95 bits per heavy atom. The van der Waals surface area contributed by atoms with Crippen LogP contribution in [0.4, 0.5) is 0 Å². The third kappa shape index (κ3) is 3.74. The normalized spacial score (nSPS) is 13.8. The quantitative estimate of drug-likeness (QED) is 0.877. The van der Waals surface area contributed by atoms with Crippen molar-refractivity contribution < 1.29 is 9.47 Å². The van der Waals surface area contributed by atoms with Crippen LogP contribution in [-0.2, 0) is 0 Å². The molecule has 0 saturated carbocycles. The van der Waals surface area contributed by atoms with Gasteiger partial charge in [-0.05, 0) is 45.0 Å². The van der Waals surface area contributed by atoms with Crippen molar-refractivity contribution in [2.75, 3.05) is 6.61 Å². The Hall–Kier alpha value is -1.52. The van der Waals surface area contributed by atoms with Crippen molar-refractivity contribution in [2.24, 2.45) is 5.73 Å². The lowest BCUT2D eigenvalue weighted by Crippen LogP contribution is -2.28. The molecule has 1 aromatic heterocycles. The van der Waals surface area contributed by atoms with Gasteiger partial charge in [-0.2, -0.15) is 0 Å². The molecule has 0 bridgehead atoms. The van der Waals surface area contributed by atoms with Crippen molar-refractivity contribution in [1.82, 2.24) is 0 Å². The fraction of sp³-hybridized carbons (Fsp3) is 0.375. The van der Waals surface area contributed by atoms with Gasteiger partial charge in [-0.25, -0.2) is 0 Å². The maximum atomic E-state index is 6.07. The van der Waals surface area contributed by atoms with Gasteiger partial charge in [0.15, 0.2) is 0 Å². The average molecular weight is 291 g/mol. The van der Waals surface area contributed by atoms with Crippen LogP contribution in [0.2, 0.25) is 0 Å². The molecule has 0 aliphatic rings. The molecule has 2 atom stereocenters. The molecule has 0 fully saturated rings. The van der Waals surface area contributed by atoms with Gasteiger partial charge >= 0.3 is 0 Å². The van der Waals surface area contributed by atoms with Crippen molar-refractivity contribution in [3.05, 3.63) is 46.2 Å². The highest BCUT2D eigenvalue weighted by Gasteiger charge is 2.20. The van der Waals surface area contributed by atoms with E-state index in [0.717, 1.165) is 16.4 Å². The van der Waals surface area contributed by atoms with Crippen molar-refractivity contribution >= 4 is 11.3 Å².